The molecule has 0 aromatic heterocycles. The van der Waals surface area contributed by atoms with Crippen molar-refractivity contribution in [2.24, 2.45) is 17.6 Å². The summed E-state index contributed by atoms with van der Waals surface area (Å²) in [6.07, 6.45) is 4.53. The van der Waals surface area contributed by atoms with Crippen LogP contribution in [0.1, 0.15) is 36.8 Å². The Bertz CT molecular complexity index is 685. The maximum absolute atomic E-state index is 12.7. The molecule has 3 unspecified atom stereocenters. The summed E-state index contributed by atoms with van der Waals surface area (Å²) in [4.78, 5) is 0.502. The lowest BCUT2D eigenvalue weighted by atomic mass is 9.96. The summed E-state index contributed by atoms with van der Waals surface area (Å²) >= 11 is 4.94. The van der Waals surface area contributed by atoms with Crippen LogP contribution in [0, 0.1) is 18.8 Å². The van der Waals surface area contributed by atoms with E-state index in [-0.39, 0.29) is 15.9 Å². The van der Waals surface area contributed by atoms with Gasteiger partial charge in [0.2, 0.25) is 10.0 Å². The van der Waals surface area contributed by atoms with E-state index < -0.39 is 10.0 Å². The van der Waals surface area contributed by atoms with Crippen molar-refractivity contribution in [3.05, 3.63) is 29.3 Å². The topological polar surface area (TPSA) is 72.2 Å². The van der Waals surface area contributed by atoms with Crippen molar-refractivity contribution >= 4 is 27.2 Å². The van der Waals surface area contributed by atoms with Crippen LogP contribution < -0.4 is 10.5 Å². The first kappa shape index (κ1) is 14.9. The molecule has 2 saturated carbocycles. The van der Waals surface area contributed by atoms with Crippen LogP contribution in [0.3, 0.4) is 0 Å². The van der Waals surface area contributed by atoms with E-state index in [0.717, 1.165) is 12.8 Å². The molecule has 2 aliphatic carbocycles. The maximum atomic E-state index is 12.7. The molecule has 0 saturated heterocycles. The van der Waals surface area contributed by atoms with E-state index in [1.165, 1.54) is 12.8 Å². The molecule has 1 aromatic carbocycles. The van der Waals surface area contributed by atoms with Crippen LogP contribution in [0.2, 0.25) is 0 Å². The molecular weight excluding hydrogens is 304 g/mol. The summed E-state index contributed by atoms with van der Waals surface area (Å²) in [5, 5.41) is 0. The fourth-order valence-corrected chi connectivity index (χ4v) is 5.41. The Morgan fingerprint density at radius 2 is 2.10 bits per heavy atom. The average molecular weight is 324 g/mol. The Balaban J connectivity index is 1.88. The molecule has 0 heterocycles. The van der Waals surface area contributed by atoms with Gasteiger partial charge in [0, 0.05) is 11.6 Å². The van der Waals surface area contributed by atoms with Gasteiger partial charge in [-0.15, -0.1) is 0 Å². The highest BCUT2D eigenvalue weighted by Gasteiger charge is 2.41. The highest BCUT2D eigenvalue weighted by molar-refractivity contribution is 7.89. The minimum absolute atomic E-state index is 0.0848. The zero-order valence-electron chi connectivity index (χ0n) is 12.0. The lowest BCUT2D eigenvalue weighted by Gasteiger charge is -2.23. The molecule has 0 spiro atoms. The van der Waals surface area contributed by atoms with Gasteiger partial charge in [0.1, 0.15) is 4.99 Å². The van der Waals surface area contributed by atoms with Crippen LogP contribution in [0.25, 0.3) is 0 Å². The molecular formula is C15H20N2O2S2. The molecule has 1 aromatic rings. The number of fused-ring (bicyclic) bond motifs is 2. The summed E-state index contributed by atoms with van der Waals surface area (Å²) < 4.78 is 28.2. The second kappa shape index (κ2) is 5.34. The van der Waals surface area contributed by atoms with Gasteiger partial charge in [0.05, 0.1) is 4.90 Å². The molecule has 21 heavy (non-hydrogen) atoms. The van der Waals surface area contributed by atoms with Gasteiger partial charge < -0.3 is 5.73 Å². The normalized spacial score (nSPS) is 28.0. The van der Waals surface area contributed by atoms with E-state index >= 15 is 0 Å². The first-order valence-corrected chi connectivity index (χ1v) is 9.19. The summed E-state index contributed by atoms with van der Waals surface area (Å²) in [7, 11) is -3.52. The van der Waals surface area contributed by atoms with Gasteiger partial charge in [-0.25, -0.2) is 13.1 Å². The third-order valence-electron chi connectivity index (χ3n) is 4.81. The fraction of sp³-hybridized carbons (Fsp3) is 0.533. The zero-order valence-corrected chi connectivity index (χ0v) is 13.6. The number of aryl methyl sites for hydroxylation is 1. The van der Waals surface area contributed by atoms with Crippen molar-refractivity contribution < 1.29 is 8.42 Å². The van der Waals surface area contributed by atoms with E-state index in [0.29, 0.717) is 23.0 Å². The summed E-state index contributed by atoms with van der Waals surface area (Å²) in [6.45, 7) is 1.79. The second-order valence-corrected chi connectivity index (χ2v) is 8.37. The summed E-state index contributed by atoms with van der Waals surface area (Å²) in [5.74, 6) is 1.20. The van der Waals surface area contributed by atoms with Crippen LogP contribution >= 0.6 is 12.2 Å². The average Bonchev–Trinajstić information content (AvgIpc) is 3.00. The minimum Gasteiger partial charge on any atom is -0.389 e. The Hall–Kier alpha value is -0.980. The lowest BCUT2D eigenvalue weighted by Crippen LogP contribution is -2.38. The van der Waals surface area contributed by atoms with Gasteiger partial charge in [-0.1, -0.05) is 30.8 Å². The van der Waals surface area contributed by atoms with Crippen molar-refractivity contribution in [2.75, 3.05) is 0 Å². The van der Waals surface area contributed by atoms with Gasteiger partial charge >= 0.3 is 0 Å². The van der Waals surface area contributed by atoms with Crippen LogP contribution in [0.5, 0.6) is 0 Å². The molecule has 2 fully saturated rings. The number of benzene rings is 1. The van der Waals surface area contributed by atoms with Crippen LogP contribution in [0.4, 0.5) is 0 Å². The predicted octanol–water partition coefficient (Wildman–Crippen LogP) is 2.10. The second-order valence-electron chi connectivity index (χ2n) is 6.25. The summed E-state index contributed by atoms with van der Waals surface area (Å²) in [6, 6.07) is 5.17. The third kappa shape index (κ3) is 2.84. The van der Waals surface area contributed by atoms with E-state index in [1.807, 2.05) is 0 Å². The number of rotatable bonds is 4. The van der Waals surface area contributed by atoms with Gasteiger partial charge in [-0.3, -0.25) is 0 Å². The smallest absolute Gasteiger partial charge is 0.241 e. The standard InChI is InChI=1S/C15H20N2O2S2/c1-9-2-4-12(15(16)20)8-14(9)21(18,19)17-13-7-10-3-5-11(13)6-10/h2,4,8,10-11,13,17H,3,5-7H2,1H3,(H2,16,20). The fourth-order valence-electron chi connectivity index (χ4n) is 3.69. The Morgan fingerprint density at radius 3 is 2.67 bits per heavy atom. The molecule has 2 bridgehead atoms. The SMILES string of the molecule is Cc1ccc(C(N)=S)cc1S(=O)(=O)NC1CC2CCC1C2. The van der Waals surface area contributed by atoms with Crippen molar-refractivity contribution in [3.8, 4) is 0 Å². The molecule has 0 amide bonds. The molecule has 3 rings (SSSR count). The largest absolute Gasteiger partial charge is 0.389 e. The van der Waals surface area contributed by atoms with Gasteiger partial charge in [0.15, 0.2) is 0 Å². The summed E-state index contributed by atoms with van der Waals surface area (Å²) in [5.41, 5.74) is 6.91. The number of hydrogen-bond acceptors (Lipinski definition) is 3. The number of thiocarbonyl (C=S) groups is 1. The molecule has 114 valence electrons. The quantitative estimate of drug-likeness (QED) is 0.832. The molecule has 4 nitrogen and oxygen atoms in total. The molecule has 2 aliphatic rings. The van der Waals surface area contributed by atoms with Crippen molar-refractivity contribution in [1.82, 2.24) is 4.72 Å². The molecule has 3 N–H and O–H groups in total. The van der Waals surface area contributed by atoms with Gasteiger partial charge in [-0.05, 0) is 49.7 Å². The van der Waals surface area contributed by atoms with E-state index in [9.17, 15) is 8.42 Å². The van der Waals surface area contributed by atoms with E-state index in [2.05, 4.69) is 4.72 Å². The monoisotopic (exact) mass is 324 g/mol. The van der Waals surface area contributed by atoms with Crippen molar-refractivity contribution in [1.29, 1.82) is 0 Å². The highest BCUT2D eigenvalue weighted by Crippen LogP contribution is 2.44. The minimum atomic E-state index is -3.52. The van der Waals surface area contributed by atoms with Crippen LogP contribution in [-0.2, 0) is 10.0 Å². The number of nitrogens with two attached hydrogens (primary N) is 1. The van der Waals surface area contributed by atoms with Crippen LogP contribution in [-0.4, -0.2) is 19.4 Å². The number of sulfonamides is 1. The lowest BCUT2D eigenvalue weighted by molar-refractivity contribution is 0.390. The molecule has 6 heteroatoms. The number of nitrogens with one attached hydrogen (secondary N) is 1. The van der Waals surface area contributed by atoms with Gasteiger partial charge in [-0.2, -0.15) is 0 Å². The molecule has 0 aliphatic heterocycles. The van der Waals surface area contributed by atoms with Gasteiger partial charge in [0.25, 0.3) is 0 Å². The van der Waals surface area contributed by atoms with Crippen molar-refractivity contribution in [2.45, 2.75) is 43.5 Å². The Kier molecular flexibility index (Phi) is 3.80. The van der Waals surface area contributed by atoms with Crippen molar-refractivity contribution in [3.63, 3.8) is 0 Å². The molecule has 0 radical (unpaired) electrons. The number of hydrogen-bond donors (Lipinski definition) is 2. The van der Waals surface area contributed by atoms with E-state index in [4.69, 9.17) is 18.0 Å². The third-order valence-corrected chi connectivity index (χ3v) is 6.67. The highest BCUT2D eigenvalue weighted by atomic mass is 32.2. The predicted molar refractivity (Wildman–Crippen MR) is 86.6 cm³/mol. The first-order valence-electron chi connectivity index (χ1n) is 7.29. The molecule has 3 atom stereocenters. The zero-order chi connectivity index (χ0) is 15.2. The van der Waals surface area contributed by atoms with E-state index in [1.54, 1.807) is 25.1 Å². The first-order chi connectivity index (χ1) is 9.87. The van der Waals surface area contributed by atoms with Crippen LogP contribution in [0.15, 0.2) is 23.1 Å². The Morgan fingerprint density at radius 1 is 1.33 bits per heavy atom. The Labute approximate surface area is 131 Å². The maximum Gasteiger partial charge on any atom is 0.241 e.